The van der Waals surface area contributed by atoms with Crippen molar-refractivity contribution in [2.45, 2.75) is 11.1 Å². The Bertz CT molecular complexity index is 1260. The molecule has 3 aromatic carbocycles. The SMILES string of the molecule is O=S(=O)(Nc1nc2c(ccc3ccccc32)s1)c1ccccc1C(F)(F)F. The highest BCUT2D eigenvalue weighted by atomic mass is 32.2. The van der Waals surface area contributed by atoms with E-state index in [1.54, 1.807) is 6.07 Å². The van der Waals surface area contributed by atoms with Crippen molar-refractivity contribution in [3.8, 4) is 0 Å². The van der Waals surface area contributed by atoms with Gasteiger partial charge in [-0.15, -0.1) is 0 Å². The van der Waals surface area contributed by atoms with Crippen molar-refractivity contribution < 1.29 is 21.6 Å². The van der Waals surface area contributed by atoms with Gasteiger partial charge < -0.3 is 0 Å². The van der Waals surface area contributed by atoms with Crippen molar-refractivity contribution >= 4 is 47.5 Å². The number of rotatable bonds is 3. The zero-order chi connectivity index (χ0) is 19.2. The van der Waals surface area contributed by atoms with Crippen LogP contribution in [0.15, 0.2) is 65.6 Å². The summed E-state index contributed by atoms with van der Waals surface area (Å²) >= 11 is 1.06. The first-order chi connectivity index (χ1) is 12.8. The third kappa shape index (κ3) is 3.24. The predicted molar refractivity (Wildman–Crippen MR) is 99.4 cm³/mol. The van der Waals surface area contributed by atoms with E-state index >= 15 is 0 Å². The number of hydrogen-bond acceptors (Lipinski definition) is 4. The summed E-state index contributed by atoms with van der Waals surface area (Å²) in [6.07, 6.45) is -4.78. The highest BCUT2D eigenvalue weighted by molar-refractivity contribution is 7.93. The summed E-state index contributed by atoms with van der Waals surface area (Å²) in [4.78, 5) is 3.46. The summed E-state index contributed by atoms with van der Waals surface area (Å²) in [6, 6.07) is 15.2. The van der Waals surface area contributed by atoms with Crippen LogP contribution >= 0.6 is 11.3 Å². The molecule has 0 fully saturated rings. The second-order valence-corrected chi connectivity index (χ2v) is 8.43. The summed E-state index contributed by atoms with van der Waals surface area (Å²) < 4.78 is 67.5. The van der Waals surface area contributed by atoms with Crippen LogP contribution in [0.25, 0.3) is 21.0 Å². The van der Waals surface area contributed by atoms with E-state index in [1.807, 2.05) is 30.3 Å². The molecule has 4 rings (SSSR count). The summed E-state index contributed by atoms with van der Waals surface area (Å²) in [7, 11) is -4.45. The van der Waals surface area contributed by atoms with Gasteiger partial charge in [-0.25, -0.2) is 13.4 Å². The van der Waals surface area contributed by atoms with E-state index in [0.29, 0.717) is 5.52 Å². The van der Waals surface area contributed by atoms with Gasteiger partial charge in [0.2, 0.25) is 0 Å². The molecular weight excluding hydrogens is 397 g/mol. The minimum atomic E-state index is -4.78. The molecule has 0 aliphatic rings. The fourth-order valence-corrected chi connectivity index (χ4v) is 5.16. The standard InChI is InChI=1S/C18H11F3N2O2S2/c19-18(20,21)13-7-3-4-8-15(13)27(24,25)23-17-22-16-12-6-2-1-5-11(12)9-10-14(16)26-17/h1-10H,(H,22,23). The maximum Gasteiger partial charge on any atom is 0.417 e. The smallest absolute Gasteiger partial charge is 0.255 e. The van der Waals surface area contributed by atoms with Crippen molar-refractivity contribution in [2.24, 2.45) is 0 Å². The van der Waals surface area contributed by atoms with Crippen molar-refractivity contribution in [1.29, 1.82) is 0 Å². The van der Waals surface area contributed by atoms with Crippen molar-refractivity contribution in [3.05, 3.63) is 66.2 Å². The van der Waals surface area contributed by atoms with Crippen LogP contribution in [-0.2, 0) is 16.2 Å². The zero-order valence-corrected chi connectivity index (χ0v) is 15.1. The lowest BCUT2D eigenvalue weighted by molar-refractivity contribution is -0.139. The lowest BCUT2D eigenvalue weighted by Crippen LogP contribution is -2.18. The van der Waals surface area contributed by atoms with E-state index in [9.17, 15) is 21.6 Å². The van der Waals surface area contributed by atoms with Gasteiger partial charge in [0.05, 0.1) is 20.7 Å². The molecule has 0 aliphatic carbocycles. The number of hydrogen-bond donors (Lipinski definition) is 1. The lowest BCUT2D eigenvalue weighted by atomic mass is 10.1. The van der Waals surface area contributed by atoms with Crippen LogP contribution in [0.1, 0.15) is 5.56 Å². The first-order valence-corrected chi connectivity index (χ1v) is 10.0. The number of halogens is 3. The van der Waals surface area contributed by atoms with Gasteiger partial charge in [0.15, 0.2) is 5.13 Å². The molecule has 0 saturated carbocycles. The molecule has 1 heterocycles. The maximum atomic E-state index is 13.2. The lowest BCUT2D eigenvalue weighted by Gasteiger charge is -2.13. The minimum Gasteiger partial charge on any atom is -0.255 e. The van der Waals surface area contributed by atoms with Gasteiger partial charge in [0, 0.05) is 5.39 Å². The Balaban J connectivity index is 1.79. The number of nitrogens with one attached hydrogen (secondary N) is 1. The highest BCUT2D eigenvalue weighted by Crippen LogP contribution is 2.36. The second kappa shape index (κ2) is 6.21. The van der Waals surface area contributed by atoms with E-state index in [0.717, 1.165) is 45.0 Å². The number of benzene rings is 3. The largest absolute Gasteiger partial charge is 0.417 e. The Morgan fingerprint density at radius 1 is 0.926 bits per heavy atom. The topological polar surface area (TPSA) is 59.1 Å². The molecule has 0 unspecified atom stereocenters. The first kappa shape index (κ1) is 17.7. The quantitative estimate of drug-likeness (QED) is 0.502. The predicted octanol–water partition coefficient (Wildman–Crippen LogP) is 5.27. The van der Waals surface area contributed by atoms with Crippen LogP contribution in [0.4, 0.5) is 18.3 Å². The zero-order valence-electron chi connectivity index (χ0n) is 13.5. The van der Waals surface area contributed by atoms with Crippen molar-refractivity contribution in [1.82, 2.24) is 4.98 Å². The van der Waals surface area contributed by atoms with Gasteiger partial charge >= 0.3 is 6.18 Å². The fourth-order valence-electron chi connectivity index (χ4n) is 2.81. The number of anilines is 1. The van der Waals surface area contributed by atoms with E-state index in [4.69, 9.17) is 0 Å². The van der Waals surface area contributed by atoms with E-state index in [1.165, 1.54) is 6.07 Å². The molecule has 0 amide bonds. The van der Waals surface area contributed by atoms with Crippen LogP contribution in [-0.4, -0.2) is 13.4 Å². The average molecular weight is 408 g/mol. The Labute approximate surface area is 156 Å². The van der Waals surface area contributed by atoms with Crippen LogP contribution in [0.5, 0.6) is 0 Å². The third-order valence-electron chi connectivity index (χ3n) is 3.99. The van der Waals surface area contributed by atoms with Gasteiger partial charge in [-0.05, 0) is 23.6 Å². The number of aromatic nitrogens is 1. The summed E-state index contributed by atoms with van der Waals surface area (Å²) in [6.45, 7) is 0. The molecule has 1 N–H and O–H groups in total. The van der Waals surface area contributed by atoms with Gasteiger partial charge in [0.25, 0.3) is 10.0 Å². The first-order valence-electron chi connectivity index (χ1n) is 7.73. The Morgan fingerprint density at radius 2 is 1.63 bits per heavy atom. The number of alkyl halides is 3. The molecule has 0 atom stereocenters. The molecule has 0 aliphatic heterocycles. The summed E-state index contributed by atoms with van der Waals surface area (Å²) in [5.41, 5.74) is -0.621. The Hall–Kier alpha value is -2.65. The van der Waals surface area contributed by atoms with E-state index in [-0.39, 0.29) is 5.13 Å². The van der Waals surface area contributed by atoms with Gasteiger partial charge in [0.1, 0.15) is 0 Å². The third-order valence-corrected chi connectivity index (χ3v) is 6.45. The van der Waals surface area contributed by atoms with Gasteiger partial charge in [-0.2, -0.15) is 13.2 Å². The van der Waals surface area contributed by atoms with Crippen LogP contribution in [0.3, 0.4) is 0 Å². The molecule has 4 nitrogen and oxygen atoms in total. The van der Waals surface area contributed by atoms with Crippen LogP contribution in [0.2, 0.25) is 0 Å². The maximum absolute atomic E-state index is 13.2. The van der Waals surface area contributed by atoms with Crippen LogP contribution in [0, 0.1) is 0 Å². The number of sulfonamides is 1. The fraction of sp³-hybridized carbons (Fsp3) is 0.0556. The molecule has 4 aromatic rings. The minimum absolute atomic E-state index is 0.0123. The average Bonchev–Trinajstić information content (AvgIpc) is 3.03. The highest BCUT2D eigenvalue weighted by Gasteiger charge is 2.37. The Morgan fingerprint density at radius 3 is 2.41 bits per heavy atom. The van der Waals surface area contributed by atoms with E-state index in [2.05, 4.69) is 9.71 Å². The molecule has 138 valence electrons. The summed E-state index contributed by atoms with van der Waals surface area (Å²) in [5.74, 6) is 0. The molecule has 0 saturated heterocycles. The van der Waals surface area contributed by atoms with E-state index < -0.39 is 26.7 Å². The summed E-state index contributed by atoms with van der Waals surface area (Å²) in [5, 5.41) is 1.79. The molecule has 27 heavy (non-hydrogen) atoms. The molecule has 0 radical (unpaired) electrons. The van der Waals surface area contributed by atoms with Crippen LogP contribution < -0.4 is 4.72 Å². The number of fused-ring (bicyclic) bond motifs is 3. The number of thiazole rings is 1. The monoisotopic (exact) mass is 408 g/mol. The Kier molecular flexibility index (Phi) is 4.08. The second-order valence-electron chi connectivity index (χ2n) is 5.75. The van der Waals surface area contributed by atoms with Gasteiger partial charge in [-0.3, -0.25) is 4.72 Å². The normalized spacial score (nSPS) is 12.6. The molecule has 9 heteroatoms. The van der Waals surface area contributed by atoms with Gasteiger partial charge in [-0.1, -0.05) is 53.8 Å². The van der Waals surface area contributed by atoms with Crippen molar-refractivity contribution in [3.63, 3.8) is 0 Å². The molecular formula is C18H11F3N2O2S2. The molecule has 1 aromatic heterocycles. The molecule has 0 spiro atoms. The van der Waals surface area contributed by atoms with Crippen molar-refractivity contribution in [2.75, 3.05) is 4.72 Å². The number of nitrogens with zero attached hydrogens (tertiary/aromatic N) is 1. The molecule has 0 bridgehead atoms.